The van der Waals surface area contributed by atoms with Crippen LogP contribution in [0.25, 0.3) is 0 Å². The van der Waals surface area contributed by atoms with E-state index in [-0.39, 0.29) is 5.91 Å². The third-order valence-electron chi connectivity index (χ3n) is 4.11. The van der Waals surface area contributed by atoms with E-state index in [9.17, 15) is 4.79 Å². The van der Waals surface area contributed by atoms with Gasteiger partial charge in [0.15, 0.2) is 11.5 Å². The van der Waals surface area contributed by atoms with E-state index in [0.29, 0.717) is 33.6 Å². The van der Waals surface area contributed by atoms with Crippen LogP contribution in [-0.2, 0) is 0 Å². The molecule has 0 radical (unpaired) electrons. The van der Waals surface area contributed by atoms with Crippen molar-refractivity contribution in [2.75, 3.05) is 24.9 Å². The minimum atomic E-state index is -0.273. The number of carbonyl (C=O) groups excluding carboxylic acids is 1. The molecule has 0 unspecified atom stereocenters. The Labute approximate surface area is 168 Å². The van der Waals surface area contributed by atoms with Crippen LogP contribution < -0.4 is 20.1 Å². The Balaban J connectivity index is 1.69. The number of pyridine rings is 1. The lowest BCUT2D eigenvalue weighted by molar-refractivity contribution is 0.102. The highest BCUT2D eigenvalue weighted by Crippen LogP contribution is 2.30. The van der Waals surface area contributed by atoms with Gasteiger partial charge in [0.2, 0.25) is 0 Å². The molecular formula is C21H20ClN3O3. The molecule has 0 aliphatic rings. The number of aryl methyl sites for hydroxylation is 1. The zero-order valence-electron chi connectivity index (χ0n) is 15.7. The highest BCUT2D eigenvalue weighted by Gasteiger charge is 2.10. The molecule has 3 rings (SSSR count). The Morgan fingerprint density at radius 1 is 0.964 bits per heavy atom. The van der Waals surface area contributed by atoms with Crippen molar-refractivity contribution in [3.63, 3.8) is 0 Å². The van der Waals surface area contributed by atoms with Crippen molar-refractivity contribution in [2.24, 2.45) is 0 Å². The first-order chi connectivity index (χ1) is 13.5. The molecule has 0 aliphatic heterocycles. The zero-order chi connectivity index (χ0) is 20.1. The van der Waals surface area contributed by atoms with E-state index in [2.05, 4.69) is 15.6 Å². The first kappa shape index (κ1) is 19.5. The highest BCUT2D eigenvalue weighted by atomic mass is 35.5. The predicted octanol–water partition coefficient (Wildman–Crippen LogP) is 5.06. The molecular weight excluding hydrogens is 378 g/mol. The van der Waals surface area contributed by atoms with Gasteiger partial charge in [0, 0.05) is 28.7 Å². The monoisotopic (exact) mass is 397 g/mol. The molecule has 3 aromatic rings. The maximum atomic E-state index is 12.5. The number of amides is 1. The van der Waals surface area contributed by atoms with Crippen LogP contribution in [-0.4, -0.2) is 25.1 Å². The van der Waals surface area contributed by atoms with Crippen LogP contribution in [0.5, 0.6) is 11.5 Å². The molecule has 2 aromatic carbocycles. The smallest absolute Gasteiger partial charge is 0.257 e. The van der Waals surface area contributed by atoms with Crippen molar-refractivity contribution in [2.45, 2.75) is 6.92 Å². The van der Waals surface area contributed by atoms with Crippen LogP contribution >= 0.6 is 11.6 Å². The fourth-order valence-electron chi connectivity index (χ4n) is 2.54. The Morgan fingerprint density at radius 3 is 2.36 bits per heavy atom. The average molecular weight is 398 g/mol. The average Bonchev–Trinajstić information content (AvgIpc) is 2.71. The largest absolute Gasteiger partial charge is 0.493 e. The number of nitrogens with one attached hydrogen (secondary N) is 2. The van der Waals surface area contributed by atoms with Gasteiger partial charge in [-0.1, -0.05) is 17.7 Å². The van der Waals surface area contributed by atoms with Crippen LogP contribution in [0.1, 0.15) is 15.9 Å². The molecule has 1 heterocycles. The fraction of sp³-hybridized carbons (Fsp3) is 0.143. The lowest BCUT2D eigenvalue weighted by atomic mass is 10.2. The van der Waals surface area contributed by atoms with Gasteiger partial charge < -0.3 is 20.1 Å². The fourth-order valence-corrected chi connectivity index (χ4v) is 2.72. The molecule has 0 fully saturated rings. The summed E-state index contributed by atoms with van der Waals surface area (Å²) in [5.74, 6) is 1.47. The quantitative estimate of drug-likeness (QED) is 0.608. The zero-order valence-corrected chi connectivity index (χ0v) is 16.5. The summed E-state index contributed by atoms with van der Waals surface area (Å²) in [6.45, 7) is 1.94. The van der Waals surface area contributed by atoms with Crippen LogP contribution in [0.3, 0.4) is 0 Å². The van der Waals surface area contributed by atoms with Crippen LogP contribution in [0.15, 0.2) is 54.7 Å². The highest BCUT2D eigenvalue weighted by molar-refractivity contribution is 6.31. The Hall–Kier alpha value is -3.25. The van der Waals surface area contributed by atoms with Crippen LogP contribution in [0, 0.1) is 6.92 Å². The van der Waals surface area contributed by atoms with Crippen molar-refractivity contribution in [1.82, 2.24) is 4.98 Å². The molecule has 6 nitrogen and oxygen atoms in total. The molecule has 28 heavy (non-hydrogen) atoms. The third-order valence-corrected chi connectivity index (χ3v) is 4.52. The molecule has 1 amide bonds. The van der Waals surface area contributed by atoms with E-state index >= 15 is 0 Å². The molecule has 144 valence electrons. The minimum absolute atomic E-state index is 0.273. The SMILES string of the molecule is COc1ccc(NC(=O)c2ccc(Nc3ccc(C)c(Cl)c3)nc2)cc1OC. The van der Waals surface area contributed by atoms with Gasteiger partial charge in [-0.25, -0.2) is 4.98 Å². The number of rotatable bonds is 6. The number of nitrogens with zero attached hydrogens (tertiary/aromatic N) is 1. The van der Waals surface area contributed by atoms with Crippen molar-refractivity contribution >= 4 is 34.7 Å². The van der Waals surface area contributed by atoms with Gasteiger partial charge in [0.05, 0.1) is 19.8 Å². The maximum absolute atomic E-state index is 12.5. The topological polar surface area (TPSA) is 72.5 Å². The van der Waals surface area contributed by atoms with Gasteiger partial charge in [0.1, 0.15) is 5.82 Å². The lowest BCUT2D eigenvalue weighted by Crippen LogP contribution is -2.12. The Bertz CT molecular complexity index is 991. The number of ether oxygens (including phenoxy) is 2. The van der Waals surface area contributed by atoms with Crippen molar-refractivity contribution in [1.29, 1.82) is 0 Å². The van der Waals surface area contributed by atoms with E-state index in [1.807, 2.05) is 25.1 Å². The molecule has 0 saturated heterocycles. The summed E-state index contributed by atoms with van der Waals surface area (Å²) >= 11 is 6.13. The number of carbonyl (C=O) groups is 1. The molecule has 0 bridgehead atoms. The van der Waals surface area contributed by atoms with E-state index in [1.165, 1.54) is 6.20 Å². The van der Waals surface area contributed by atoms with E-state index in [0.717, 1.165) is 11.3 Å². The summed E-state index contributed by atoms with van der Waals surface area (Å²) in [5.41, 5.74) is 2.86. The maximum Gasteiger partial charge on any atom is 0.257 e. The third kappa shape index (κ3) is 4.53. The standard InChI is InChI=1S/C21H20ClN3O3/c1-13-4-6-15(10-17(13)22)24-20-9-5-14(12-23-20)21(26)25-16-7-8-18(27-2)19(11-16)28-3/h4-12H,1-3H3,(H,23,24)(H,25,26). The summed E-state index contributed by atoms with van der Waals surface area (Å²) in [7, 11) is 3.10. The molecule has 1 aromatic heterocycles. The van der Waals surface area contributed by atoms with Gasteiger partial charge in [-0.2, -0.15) is 0 Å². The van der Waals surface area contributed by atoms with E-state index < -0.39 is 0 Å². The first-order valence-electron chi connectivity index (χ1n) is 8.53. The second-order valence-corrected chi connectivity index (χ2v) is 6.45. The summed E-state index contributed by atoms with van der Waals surface area (Å²) < 4.78 is 10.4. The Morgan fingerprint density at radius 2 is 1.71 bits per heavy atom. The van der Waals surface area contributed by atoms with Crippen molar-refractivity contribution in [3.8, 4) is 11.5 Å². The normalized spacial score (nSPS) is 10.3. The Kier molecular flexibility index (Phi) is 6.01. The number of hydrogen-bond acceptors (Lipinski definition) is 5. The first-order valence-corrected chi connectivity index (χ1v) is 8.90. The van der Waals surface area contributed by atoms with Crippen LogP contribution in [0.2, 0.25) is 5.02 Å². The second-order valence-electron chi connectivity index (χ2n) is 6.04. The van der Waals surface area contributed by atoms with Gasteiger partial charge in [-0.3, -0.25) is 4.79 Å². The van der Waals surface area contributed by atoms with Crippen molar-refractivity contribution in [3.05, 3.63) is 70.9 Å². The number of halogens is 1. The van der Waals surface area contributed by atoms with E-state index in [4.69, 9.17) is 21.1 Å². The molecule has 0 spiro atoms. The molecule has 7 heteroatoms. The minimum Gasteiger partial charge on any atom is -0.493 e. The van der Waals surface area contributed by atoms with Gasteiger partial charge in [-0.05, 0) is 48.9 Å². The molecule has 2 N–H and O–H groups in total. The summed E-state index contributed by atoms with van der Waals surface area (Å²) in [6.07, 6.45) is 1.51. The number of hydrogen-bond donors (Lipinski definition) is 2. The number of benzene rings is 2. The van der Waals surface area contributed by atoms with Crippen molar-refractivity contribution < 1.29 is 14.3 Å². The van der Waals surface area contributed by atoms with Gasteiger partial charge >= 0.3 is 0 Å². The molecule has 0 aliphatic carbocycles. The van der Waals surface area contributed by atoms with E-state index in [1.54, 1.807) is 44.6 Å². The lowest BCUT2D eigenvalue weighted by Gasteiger charge is -2.11. The summed E-state index contributed by atoms with van der Waals surface area (Å²) in [5, 5.41) is 6.65. The number of methoxy groups -OCH3 is 2. The van der Waals surface area contributed by atoms with Gasteiger partial charge in [-0.15, -0.1) is 0 Å². The summed E-state index contributed by atoms with van der Waals surface area (Å²) in [4.78, 5) is 16.7. The number of aromatic nitrogens is 1. The molecule has 0 saturated carbocycles. The summed E-state index contributed by atoms with van der Waals surface area (Å²) in [6, 6.07) is 14.3. The van der Waals surface area contributed by atoms with Crippen LogP contribution in [0.4, 0.5) is 17.2 Å². The molecule has 0 atom stereocenters. The van der Waals surface area contributed by atoms with Gasteiger partial charge in [0.25, 0.3) is 5.91 Å². The number of anilines is 3. The second kappa shape index (κ2) is 8.63. The predicted molar refractivity (Wildman–Crippen MR) is 111 cm³/mol.